The molecule has 1 saturated carbocycles. The van der Waals surface area contributed by atoms with Gasteiger partial charge in [-0.05, 0) is 31.1 Å². The van der Waals surface area contributed by atoms with Gasteiger partial charge in [0.05, 0.1) is 0 Å². The molecule has 0 aromatic heterocycles. The van der Waals surface area contributed by atoms with E-state index >= 15 is 0 Å². The van der Waals surface area contributed by atoms with Crippen LogP contribution in [0, 0.1) is 11.8 Å². The van der Waals surface area contributed by atoms with Crippen LogP contribution in [0.25, 0.3) is 0 Å². The van der Waals surface area contributed by atoms with Gasteiger partial charge in [-0.3, -0.25) is 0 Å². The van der Waals surface area contributed by atoms with E-state index in [-0.39, 0.29) is 12.5 Å². The molecular weight excluding hydrogens is 165 g/mol. The fourth-order valence-electron chi connectivity index (χ4n) is 2.19. The molecule has 1 aliphatic rings. The number of hydrogen-bond donors (Lipinski definition) is 1. The van der Waals surface area contributed by atoms with Crippen LogP contribution in [0.2, 0.25) is 0 Å². The zero-order valence-corrected chi connectivity index (χ0v) is 8.85. The fraction of sp³-hybridized carbons (Fsp3) is 1.00. The summed E-state index contributed by atoms with van der Waals surface area (Å²) in [5.74, 6) is 0.760. The zero-order valence-electron chi connectivity index (χ0n) is 8.85. The van der Waals surface area contributed by atoms with E-state index in [2.05, 4.69) is 13.8 Å². The Morgan fingerprint density at radius 1 is 1.54 bits per heavy atom. The van der Waals surface area contributed by atoms with Gasteiger partial charge in [-0.2, -0.15) is 0 Å². The molecule has 0 amide bonds. The van der Waals surface area contributed by atoms with E-state index in [4.69, 9.17) is 5.73 Å². The van der Waals surface area contributed by atoms with Gasteiger partial charge in [0, 0.05) is 6.54 Å². The van der Waals surface area contributed by atoms with E-state index in [0.29, 0.717) is 12.3 Å². The monoisotopic (exact) mass is 187 g/mol. The van der Waals surface area contributed by atoms with Crippen LogP contribution in [-0.2, 0) is 0 Å². The SMILES string of the molecule is CCCC(C)CC(F)(CN)C1CC1. The van der Waals surface area contributed by atoms with Gasteiger partial charge in [0.1, 0.15) is 5.67 Å². The molecule has 13 heavy (non-hydrogen) atoms. The summed E-state index contributed by atoms with van der Waals surface area (Å²) in [4.78, 5) is 0. The van der Waals surface area contributed by atoms with Crippen molar-refractivity contribution in [1.82, 2.24) is 0 Å². The maximum absolute atomic E-state index is 14.2. The van der Waals surface area contributed by atoms with E-state index in [0.717, 1.165) is 25.7 Å². The van der Waals surface area contributed by atoms with Crippen molar-refractivity contribution in [3.8, 4) is 0 Å². The Labute approximate surface area is 80.9 Å². The van der Waals surface area contributed by atoms with Gasteiger partial charge in [-0.15, -0.1) is 0 Å². The second-order valence-corrected chi connectivity index (χ2v) is 4.61. The molecule has 1 aliphatic carbocycles. The summed E-state index contributed by atoms with van der Waals surface area (Å²) in [7, 11) is 0. The summed E-state index contributed by atoms with van der Waals surface area (Å²) >= 11 is 0. The zero-order chi connectivity index (χ0) is 9.90. The van der Waals surface area contributed by atoms with E-state index in [9.17, 15) is 4.39 Å². The molecule has 2 heteroatoms. The number of rotatable bonds is 6. The Kier molecular flexibility index (Phi) is 3.72. The van der Waals surface area contributed by atoms with Gasteiger partial charge in [0.15, 0.2) is 0 Å². The molecule has 2 unspecified atom stereocenters. The van der Waals surface area contributed by atoms with Gasteiger partial charge in [-0.25, -0.2) is 4.39 Å². The minimum atomic E-state index is -1.05. The molecule has 0 aromatic rings. The van der Waals surface area contributed by atoms with Crippen molar-refractivity contribution in [2.45, 2.75) is 51.6 Å². The van der Waals surface area contributed by atoms with Crippen LogP contribution in [-0.4, -0.2) is 12.2 Å². The predicted octanol–water partition coefficient (Wildman–Crippen LogP) is 2.89. The van der Waals surface area contributed by atoms with E-state index in [1.807, 2.05) is 0 Å². The molecule has 1 rings (SSSR count). The molecule has 2 atom stereocenters. The quantitative estimate of drug-likeness (QED) is 0.680. The van der Waals surface area contributed by atoms with Crippen molar-refractivity contribution in [3.63, 3.8) is 0 Å². The standard InChI is InChI=1S/C11H22FN/c1-3-4-9(2)7-11(12,8-13)10-5-6-10/h9-10H,3-8,13H2,1-2H3. The first-order valence-corrected chi connectivity index (χ1v) is 5.51. The van der Waals surface area contributed by atoms with E-state index in [1.165, 1.54) is 0 Å². The topological polar surface area (TPSA) is 26.0 Å². The highest BCUT2D eigenvalue weighted by Gasteiger charge is 2.45. The molecule has 1 nitrogen and oxygen atoms in total. The first kappa shape index (κ1) is 11.0. The Hall–Kier alpha value is -0.110. The molecule has 0 aromatic carbocycles. The summed E-state index contributed by atoms with van der Waals surface area (Å²) in [6.07, 6.45) is 5.03. The first-order valence-electron chi connectivity index (χ1n) is 5.51. The summed E-state index contributed by atoms with van der Waals surface area (Å²) in [6, 6.07) is 0. The number of nitrogens with two attached hydrogens (primary N) is 1. The number of halogens is 1. The normalized spacial score (nSPS) is 24.0. The van der Waals surface area contributed by atoms with Crippen LogP contribution in [0.5, 0.6) is 0 Å². The minimum absolute atomic E-state index is 0.214. The summed E-state index contributed by atoms with van der Waals surface area (Å²) in [5, 5.41) is 0. The highest BCUT2D eigenvalue weighted by Crippen LogP contribution is 2.45. The van der Waals surface area contributed by atoms with Crippen molar-refractivity contribution in [1.29, 1.82) is 0 Å². The van der Waals surface area contributed by atoms with Crippen molar-refractivity contribution in [2.24, 2.45) is 17.6 Å². The molecule has 78 valence electrons. The minimum Gasteiger partial charge on any atom is -0.328 e. The van der Waals surface area contributed by atoms with Crippen molar-refractivity contribution in [3.05, 3.63) is 0 Å². The highest BCUT2D eigenvalue weighted by atomic mass is 19.1. The fourth-order valence-corrected chi connectivity index (χ4v) is 2.19. The van der Waals surface area contributed by atoms with E-state index < -0.39 is 5.67 Å². The molecule has 0 aliphatic heterocycles. The van der Waals surface area contributed by atoms with E-state index in [1.54, 1.807) is 0 Å². The lowest BCUT2D eigenvalue weighted by atomic mass is 9.87. The van der Waals surface area contributed by atoms with Gasteiger partial charge in [0.25, 0.3) is 0 Å². The van der Waals surface area contributed by atoms with Gasteiger partial charge in [0.2, 0.25) is 0 Å². The predicted molar refractivity (Wildman–Crippen MR) is 54.3 cm³/mol. The molecule has 0 bridgehead atoms. The lowest BCUT2D eigenvalue weighted by Crippen LogP contribution is -2.37. The number of alkyl halides is 1. The molecule has 2 N–H and O–H groups in total. The summed E-state index contributed by atoms with van der Waals surface area (Å²) in [6.45, 7) is 4.50. The van der Waals surface area contributed by atoms with Gasteiger partial charge >= 0.3 is 0 Å². The third-order valence-electron chi connectivity index (χ3n) is 3.12. The Morgan fingerprint density at radius 2 is 2.15 bits per heavy atom. The first-order chi connectivity index (χ1) is 6.12. The van der Waals surface area contributed by atoms with Gasteiger partial charge < -0.3 is 5.73 Å². The third-order valence-corrected chi connectivity index (χ3v) is 3.12. The second-order valence-electron chi connectivity index (χ2n) is 4.61. The second kappa shape index (κ2) is 4.41. The summed E-state index contributed by atoms with van der Waals surface area (Å²) < 4.78 is 14.2. The third kappa shape index (κ3) is 2.94. The van der Waals surface area contributed by atoms with Gasteiger partial charge in [-0.1, -0.05) is 26.7 Å². The lowest BCUT2D eigenvalue weighted by molar-refractivity contribution is 0.106. The van der Waals surface area contributed by atoms with Crippen LogP contribution >= 0.6 is 0 Å². The summed E-state index contributed by atoms with van der Waals surface area (Å²) in [5.41, 5.74) is 4.47. The molecule has 0 heterocycles. The van der Waals surface area contributed by atoms with Crippen molar-refractivity contribution < 1.29 is 4.39 Å². The van der Waals surface area contributed by atoms with Crippen LogP contribution < -0.4 is 5.73 Å². The molecule has 0 spiro atoms. The Morgan fingerprint density at radius 3 is 2.54 bits per heavy atom. The largest absolute Gasteiger partial charge is 0.328 e. The smallest absolute Gasteiger partial charge is 0.126 e. The van der Waals surface area contributed by atoms with Crippen LogP contribution in [0.15, 0.2) is 0 Å². The molecular formula is C11H22FN. The van der Waals surface area contributed by atoms with Crippen molar-refractivity contribution >= 4 is 0 Å². The maximum atomic E-state index is 14.2. The average molecular weight is 187 g/mol. The highest BCUT2D eigenvalue weighted by molar-refractivity contribution is 4.96. The Balaban J connectivity index is 2.37. The van der Waals surface area contributed by atoms with Crippen molar-refractivity contribution in [2.75, 3.05) is 6.54 Å². The molecule has 0 saturated heterocycles. The molecule has 0 radical (unpaired) electrons. The Bertz CT molecular complexity index is 156. The van der Waals surface area contributed by atoms with Crippen LogP contribution in [0.4, 0.5) is 4.39 Å². The molecule has 1 fully saturated rings. The van der Waals surface area contributed by atoms with Crippen LogP contribution in [0.1, 0.15) is 46.0 Å². The number of hydrogen-bond acceptors (Lipinski definition) is 1. The average Bonchev–Trinajstić information content (AvgIpc) is 2.86. The lowest BCUT2D eigenvalue weighted by Gasteiger charge is -2.26. The van der Waals surface area contributed by atoms with Crippen LogP contribution in [0.3, 0.4) is 0 Å². The maximum Gasteiger partial charge on any atom is 0.126 e.